The highest BCUT2D eigenvalue weighted by Crippen LogP contribution is 2.49. The van der Waals surface area contributed by atoms with Crippen LogP contribution in [0.4, 0.5) is 5.95 Å². The van der Waals surface area contributed by atoms with Gasteiger partial charge in [-0.15, -0.1) is 0 Å². The van der Waals surface area contributed by atoms with Crippen molar-refractivity contribution in [2.75, 3.05) is 12.4 Å². The molecule has 102 valence electrons. The van der Waals surface area contributed by atoms with E-state index in [0.717, 1.165) is 24.2 Å². The zero-order valence-corrected chi connectivity index (χ0v) is 11.2. The minimum absolute atomic E-state index is 0.0473. The van der Waals surface area contributed by atoms with Gasteiger partial charge in [0, 0.05) is 12.4 Å². The number of nitrogens with zero attached hydrogens (tertiary/aromatic N) is 2. The Kier molecular flexibility index (Phi) is 3.10. The molecule has 0 aliphatic heterocycles. The molecule has 0 unspecified atom stereocenters. The quantitative estimate of drug-likeness (QED) is 0.923. The monoisotopic (exact) mass is 269 g/mol. The Labute approximate surface area is 117 Å². The van der Waals surface area contributed by atoms with Gasteiger partial charge >= 0.3 is 0 Å². The third kappa shape index (κ3) is 2.22. The van der Waals surface area contributed by atoms with E-state index >= 15 is 0 Å². The van der Waals surface area contributed by atoms with Gasteiger partial charge in [-0.2, -0.15) is 0 Å². The molecular weight excluding hydrogens is 254 g/mol. The van der Waals surface area contributed by atoms with Gasteiger partial charge in [-0.25, -0.2) is 9.97 Å². The summed E-state index contributed by atoms with van der Waals surface area (Å²) in [6, 6.07) is 9.35. The number of methoxy groups -OCH3 is 1. The lowest BCUT2D eigenvalue weighted by molar-refractivity contribution is -0.118. The maximum atomic E-state index is 12.4. The first-order valence-corrected chi connectivity index (χ1v) is 6.48. The van der Waals surface area contributed by atoms with Crippen molar-refractivity contribution in [1.82, 2.24) is 9.97 Å². The lowest BCUT2D eigenvalue weighted by Gasteiger charge is -2.15. The van der Waals surface area contributed by atoms with E-state index in [1.807, 2.05) is 24.3 Å². The minimum atomic E-state index is -0.439. The van der Waals surface area contributed by atoms with Crippen molar-refractivity contribution >= 4 is 11.9 Å². The number of rotatable bonds is 4. The van der Waals surface area contributed by atoms with Crippen LogP contribution in [0.2, 0.25) is 0 Å². The summed E-state index contributed by atoms with van der Waals surface area (Å²) in [6.45, 7) is 0. The smallest absolute Gasteiger partial charge is 0.237 e. The summed E-state index contributed by atoms with van der Waals surface area (Å²) in [5, 5.41) is 2.78. The first-order valence-electron chi connectivity index (χ1n) is 6.48. The number of hydrogen-bond donors (Lipinski definition) is 1. The largest absolute Gasteiger partial charge is 0.497 e. The van der Waals surface area contributed by atoms with Crippen molar-refractivity contribution < 1.29 is 9.53 Å². The lowest BCUT2D eigenvalue weighted by atomic mass is 9.95. The van der Waals surface area contributed by atoms with Crippen LogP contribution in [0, 0.1) is 0 Å². The van der Waals surface area contributed by atoms with Crippen LogP contribution < -0.4 is 10.1 Å². The van der Waals surface area contributed by atoms with Crippen LogP contribution in [-0.4, -0.2) is 23.0 Å². The standard InChI is InChI=1S/C15H15N3O2/c1-20-12-5-3-11(4-6-12)15(7-8-15)13(19)18-14-16-9-2-10-17-14/h2-6,9-10H,7-8H2,1H3,(H,16,17,18,19). The maximum absolute atomic E-state index is 12.4. The Morgan fingerprint density at radius 3 is 2.40 bits per heavy atom. The molecule has 3 rings (SSSR count). The summed E-state index contributed by atoms with van der Waals surface area (Å²) in [7, 11) is 1.63. The molecule has 1 saturated carbocycles. The molecule has 1 fully saturated rings. The fourth-order valence-electron chi connectivity index (χ4n) is 2.27. The second kappa shape index (κ2) is 4.92. The molecule has 2 aromatic rings. The van der Waals surface area contributed by atoms with Crippen molar-refractivity contribution in [1.29, 1.82) is 0 Å². The number of carbonyl (C=O) groups excluding carboxylic acids is 1. The van der Waals surface area contributed by atoms with Gasteiger partial charge in [0.1, 0.15) is 5.75 Å². The highest BCUT2D eigenvalue weighted by Gasteiger charge is 2.51. The third-order valence-electron chi connectivity index (χ3n) is 3.62. The second-order valence-corrected chi connectivity index (χ2v) is 4.84. The summed E-state index contributed by atoms with van der Waals surface area (Å²) in [6.07, 6.45) is 4.90. The first kappa shape index (κ1) is 12.6. The first-order chi connectivity index (χ1) is 9.74. The number of hydrogen-bond acceptors (Lipinski definition) is 4. The van der Waals surface area contributed by atoms with Gasteiger partial charge in [0.2, 0.25) is 11.9 Å². The molecule has 1 aliphatic rings. The molecule has 1 amide bonds. The highest BCUT2D eigenvalue weighted by atomic mass is 16.5. The van der Waals surface area contributed by atoms with E-state index in [0.29, 0.717) is 5.95 Å². The van der Waals surface area contributed by atoms with Gasteiger partial charge in [-0.05, 0) is 36.6 Å². The maximum Gasteiger partial charge on any atom is 0.237 e. The molecule has 20 heavy (non-hydrogen) atoms. The third-order valence-corrected chi connectivity index (χ3v) is 3.62. The summed E-state index contributed by atoms with van der Waals surface area (Å²) in [5.41, 5.74) is 0.567. The molecule has 1 heterocycles. The second-order valence-electron chi connectivity index (χ2n) is 4.84. The normalized spacial score (nSPS) is 15.4. The van der Waals surface area contributed by atoms with Crippen molar-refractivity contribution in [2.45, 2.75) is 18.3 Å². The van der Waals surface area contributed by atoms with Crippen molar-refractivity contribution in [3.63, 3.8) is 0 Å². The number of aromatic nitrogens is 2. The summed E-state index contributed by atoms with van der Waals surface area (Å²) in [5.74, 6) is 1.09. The predicted molar refractivity (Wildman–Crippen MR) is 74.6 cm³/mol. The molecule has 1 N–H and O–H groups in total. The lowest BCUT2D eigenvalue weighted by Crippen LogP contribution is -2.28. The van der Waals surface area contributed by atoms with Crippen LogP contribution in [0.3, 0.4) is 0 Å². The summed E-state index contributed by atoms with van der Waals surface area (Å²) < 4.78 is 5.14. The predicted octanol–water partition coefficient (Wildman–Crippen LogP) is 2.16. The van der Waals surface area contributed by atoms with Crippen LogP contribution in [0.25, 0.3) is 0 Å². The van der Waals surface area contributed by atoms with Crippen molar-refractivity contribution in [2.24, 2.45) is 0 Å². The molecule has 0 spiro atoms. The number of amides is 1. The number of anilines is 1. The molecule has 0 bridgehead atoms. The van der Waals surface area contributed by atoms with E-state index in [-0.39, 0.29) is 5.91 Å². The van der Waals surface area contributed by atoms with E-state index in [2.05, 4.69) is 15.3 Å². The Balaban J connectivity index is 1.79. The highest BCUT2D eigenvalue weighted by molar-refractivity contribution is 6.00. The van der Waals surface area contributed by atoms with Crippen LogP contribution >= 0.6 is 0 Å². The Bertz CT molecular complexity index is 607. The zero-order valence-electron chi connectivity index (χ0n) is 11.2. The van der Waals surface area contributed by atoms with Gasteiger partial charge in [0.25, 0.3) is 0 Å². The zero-order chi connectivity index (χ0) is 14.0. The summed E-state index contributed by atoms with van der Waals surface area (Å²) in [4.78, 5) is 20.5. The molecule has 0 radical (unpaired) electrons. The van der Waals surface area contributed by atoms with E-state index in [1.165, 1.54) is 0 Å². The summed E-state index contributed by atoms with van der Waals surface area (Å²) >= 11 is 0. The molecule has 1 aromatic carbocycles. The molecule has 5 nitrogen and oxygen atoms in total. The molecule has 0 saturated heterocycles. The van der Waals surface area contributed by atoms with Crippen LogP contribution in [0.5, 0.6) is 5.75 Å². The average molecular weight is 269 g/mol. The van der Waals surface area contributed by atoms with Gasteiger partial charge in [-0.3, -0.25) is 10.1 Å². The molecule has 5 heteroatoms. The Morgan fingerprint density at radius 2 is 1.85 bits per heavy atom. The number of carbonyl (C=O) groups is 1. The fraction of sp³-hybridized carbons (Fsp3) is 0.267. The molecule has 1 aromatic heterocycles. The minimum Gasteiger partial charge on any atom is -0.497 e. The van der Waals surface area contributed by atoms with Crippen LogP contribution in [0.15, 0.2) is 42.7 Å². The number of benzene rings is 1. The fourth-order valence-corrected chi connectivity index (χ4v) is 2.27. The van der Waals surface area contributed by atoms with Crippen molar-refractivity contribution in [3.8, 4) is 5.75 Å². The van der Waals surface area contributed by atoms with Crippen LogP contribution in [-0.2, 0) is 10.2 Å². The molecular formula is C15H15N3O2. The van der Waals surface area contributed by atoms with Gasteiger partial charge in [-0.1, -0.05) is 12.1 Å². The molecule has 1 aliphatic carbocycles. The topological polar surface area (TPSA) is 64.1 Å². The van der Waals surface area contributed by atoms with E-state index < -0.39 is 5.41 Å². The van der Waals surface area contributed by atoms with E-state index in [1.54, 1.807) is 25.6 Å². The van der Waals surface area contributed by atoms with Crippen LogP contribution in [0.1, 0.15) is 18.4 Å². The SMILES string of the molecule is COc1ccc(C2(C(=O)Nc3ncccn3)CC2)cc1. The van der Waals surface area contributed by atoms with E-state index in [4.69, 9.17) is 4.74 Å². The average Bonchev–Trinajstić information content (AvgIpc) is 3.30. The Hall–Kier alpha value is -2.43. The molecule has 0 atom stereocenters. The number of nitrogens with one attached hydrogen (secondary N) is 1. The van der Waals surface area contributed by atoms with Crippen molar-refractivity contribution in [3.05, 3.63) is 48.3 Å². The van der Waals surface area contributed by atoms with E-state index in [9.17, 15) is 4.79 Å². The number of ether oxygens (including phenoxy) is 1. The van der Waals surface area contributed by atoms with Gasteiger partial charge in [0.15, 0.2) is 0 Å². The Morgan fingerprint density at radius 1 is 1.20 bits per heavy atom. The van der Waals surface area contributed by atoms with Gasteiger partial charge < -0.3 is 4.74 Å². The van der Waals surface area contributed by atoms with Gasteiger partial charge in [0.05, 0.1) is 12.5 Å².